The fourth-order valence-electron chi connectivity index (χ4n) is 5.70. The van der Waals surface area contributed by atoms with E-state index in [1.807, 2.05) is 12.1 Å². The number of amides is 1. The van der Waals surface area contributed by atoms with Gasteiger partial charge in [-0.2, -0.15) is 4.31 Å². The van der Waals surface area contributed by atoms with Crippen LogP contribution in [0.15, 0.2) is 64.5 Å². The molecule has 0 bridgehead atoms. The maximum atomic E-state index is 13.5. The van der Waals surface area contributed by atoms with Gasteiger partial charge in [0.1, 0.15) is 17.9 Å². The van der Waals surface area contributed by atoms with Crippen LogP contribution in [0, 0.1) is 0 Å². The van der Waals surface area contributed by atoms with Crippen molar-refractivity contribution in [2.45, 2.75) is 99.8 Å². The molecule has 0 aliphatic carbocycles. The van der Waals surface area contributed by atoms with Crippen LogP contribution in [0.1, 0.15) is 76.3 Å². The SMILES string of the molecule is CC1(C)SCN(S(=O)(=O)c2ccccc2)[C@@H]1C(=O)NC(Cc1ccc(CC(=O)CCCCCC2=NCCCC2)cc1)C(=O)O. The Balaban J connectivity index is 1.30. The topological polar surface area (TPSA) is 133 Å². The molecule has 2 heterocycles. The molecule has 238 valence electrons. The summed E-state index contributed by atoms with van der Waals surface area (Å²) in [6, 6.07) is 12.8. The Kier molecular flexibility index (Phi) is 11.8. The number of ketones is 1. The summed E-state index contributed by atoms with van der Waals surface area (Å²) in [6.07, 6.45) is 8.41. The standard InChI is InChI=1S/C33H43N3O6S2/c1-33(2)30(36(23-43-33)44(41,42)28-14-7-4-8-15-28)31(38)35-29(32(39)40)22-25-18-16-24(17-19-25)21-27(37)13-6-3-5-11-26-12-9-10-20-34-26/h4,7-8,14-19,29-30H,3,5-6,9-13,20-23H2,1-2H3,(H,35,38)(H,39,40)/t29?,30-/m1/s1. The second kappa shape index (κ2) is 15.3. The Morgan fingerprint density at radius 3 is 2.39 bits per heavy atom. The normalized spacial score (nSPS) is 19.2. The number of nitrogens with zero attached hydrogens (tertiary/aromatic N) is 2. The smallest absolute Gasteiger partial charge is 0.326 e. The van der Waals surface area contributed by atoms with Crippen molar-refractivity contribution in [2.75, 3.05) is 12.4 Å². The minimum atomic E-state index is -3.98. The molecule has 44 heavy (non-hydrogen) atoms. The highest BCUT2D eigenvalue weighted by atomic mass is 32.2. The first-order valence-electron chi connectivity index (χ1n) is 15.3. The monoisotopic (exact) mass is 641 g/mol. The van der Waals surface area contributed by atoms with E-state index in [0.717, 1.165) is 48.5 Å². The van der Waals surface area contributed by atoms with Crippen molar-refractivity contribution < 1.29 is 27.9 Å². The number of sulfonamides is 1. The Hall–Kier alpha value is -3.02. The summed E-state index contributed by atoms with van der Waals surface area (Å²) in [5.41, 5.74) is 2.87. The van der Waals surface area contributed by atoms with Crippen LogP contribution in [-0.2, 0) is 37.2 Å². The van der Waals surface area contributed by atoms with Crippen LogP contribution in [0.4, 0.5) is 0 Å². The van der Waals surface area contributed by atoms with Gasteiger partial charge in [-0.1, -0.05) is 48.9 Å². The Morgan fingerprint density at radius 2 is 1.73 bits per heavy atom. The molecule has 1 saturated heterocycles. The average molecular weight is 642 g/mol. The number of carbonyl (C=O) groups is 3. The van der Waals surface area contributed by atoms with E-state index >= 15 is 0 Å². The molecule has 0 radical (unpaired) electrons. The van der Waals surface area contributed by atoms with Crippen LogP contribution < -0.4 is 5.32 Å². The van der Waals surface area contributed by atoms with Gasteiger partial charge in [-0.15, -0.1) is 11.8 Å². The minimum absolute atomic E-state index is 0.0202. The second-order valence-corrected chi connectivity index (χ2v) is 15.6. The summed E-state index contributed by atoms with van der Waals surface area (Å²) in [5, 5.41) is 12.5. The number of hydrogen-bond acceptors (Lipinski definition) is 7. The van der Waals surface area contributed by atoms with Gasteiger partial charge in [-0.3, -0.25) is 14.6 Å². The van der Waals surface area contributed by atoms with Gasteiger partial charge in [0.05, 0.1) is 10.8 Å². The van der Waals surface area contributed by atoms with Crippen molar-refractivity contribution >= 4 is 45.2 Å². The van der Waals surface area contributed by atoms with Crippen LogP contribution in [0.25, 0.3) is 0 Å². The van der Waals surface area contributed by atoms with Gasteiger partial charge < -0.3 is 10.4 Å². The average Bonchev–Trinajstić information content (AvgIpc) is 3.34. The third-order valence-corrected chi connectivity index (χ3v) is 11.6. The van der Waals surface area contributed by atoms with Crippen molar-refractivity contribution in [3.05, 3.63) is 65.7 Å². The van der Waals surface area contributed by atoms with E-state index in [2.05, 4.69) is 10.3 Å². The van der Waals surface area contributed by atoms with Gasteiger partial charge in [-0.05, 0) is 75.6 Å². The molecule has 2 aromatic rings. The third kappa shape index (κ3) is 9.01. The number of thioether (sulfide) groups is 1. The lowest BCUT2D eigenvalue weighted by Gasteiger charge is -2.31. The largest absolute Gasteiger partial charge is 0.480 e. The number of nitrogens with one attached hydrogen (secondary N) is 1. The molecule has 2 atom stereocenters. The molecule has 2 aromatic carbocycles. The molecule has 1 unspecified atom stereocenters. The number of rotatable bonds is 15. The number of aliphatic carboxylic acids is 1. The molecule has 9 nitrogen and oxygen atoms in total. The Morgan fingerprint density at radius 1 is 1.02 bits per heavy atom. The predicted octanol–water partition coefficient (Wildman–Crippen LogP) is 5.03. The summed E-state index contributed by atoms with van der Waals surface area (Å²) in [4.78, 5) is 42.8. The van der Waals surface area contributed by atoms with Crippen LogP contribution in [-0.4, -0.2) is 70.5 Å². The number of aliphatic imine (C=N–C) groups is 1. The Bertz CT molecular complexity index is 1440. The first-order chi connectivity index (χ1) is 21.0. The molecule has 1 amide bonds. The lowest BCUT2D eigenvalue weighted by molar-refractivity contribution is -0.142. The molecule has 0 spiro atoms. The molecule has 0 saturated carbocycles. The van der Waals surface area contributed by atoms with Crippen LogP contribution in [0.5, 0.6) is 0 Å². The molecule has 11 heteroatoms. The summed E-state index contributed by atoms with van der Waals surface area (Å²) < 4.78 is 27.2. The maximum Gasteiger partial charge on any atom is 0.326 e. The summed E-state index contributed by atoms with van der Waals surface area (Å²) in [6.45, 7) is 4.52. The van der Waals surface area contributed by atoms with Crippen molar-refractivity contribution in [1.82, 2.24) is 9.62 Å². The second-order valence-electron chi connectivity index (χ2n) is 12.1. The number of Topliss-reactive ketones (excluding diaryl/α,β-unsaturated/α-hetero) is 1. The summed E-state index contributed by atoms with van der Waals surface area (Å²) >= 11 is 1.33. The van der Waals surface area contributed by atoms with Crippen LogP contribution >= 0.6 is 11.8 Å². The molecule has 2 N–H and O–H groups in total. The first kappa shape index (κ1) is 33.9. The highest BCUT2D eigenvalue weighted by Gasteiger charge is 2.51. The van der Waals surface area contributed by atoms with Gasteiger partial charge in [0.25, 0.3) is 0 Å². The number of hydrogen-bond donors (Lipinski definition) is 2. The van der Waals surface area contributed by atoms with Crippen LogP contribution in [0.3, 0.4) is 0 Å². The van der Waals surface area contributed by atoms with E-state index in [0.29, 0.717) is 18.4 Å². The van der Waals surface area contributed by atoms with Gasteiger partial charge in [0.15, 0.2) is 0 Å². The van der Waals surface area contributed by atoms with E-state index < -0.39 is 38.7 Å². The quantitative estimate of drug-likeness (QED) is 0.261. The van der Waals surface area contributed by atoms with Crippen molar-refractivity contribution in [3.63, 3.8) is 0 Å². The molecule has 0 aromatic heterocycles. The number of carboxylic acids is 1. The van der Waals surface area contributed by atoms with E-state index in [9.17, 15) is 27.9 Å². The fourth-order valence-corrected chi connectivity index (χ4v) is 8.89. The van der Waals surface area contributed by atoms with Crippen molar-refractivity contribution in [1.29, 1.82) is 0 Å². The van der Waals surface area contributed by atoms with E-state index in [1.54, 1.807) is 44.2 Å². The lowest BCUT2D eigenvalue weighted by atomic mass is 9.98. The van der Waals surface area contributed by atoms with E-state index in [4.69, 9.17) is 0 Å². The first-order valence-corrected chi connectivity index (χ1v) is 17.8. The van der Waals surface area contributed by atoms with Gasteiger partial charge in [-0.25, -0.2) is 13.2 Å². The van der Waals surface area contributed by atoms with Gasteiger partial charge >= 0.3 is 5.97 Å². The molecular weight excluding hydrogens is 599 g/mol. The summed E-state index contributed by atoms with van der Waals surface area (Å²) in [7, 11) is -3.98. The minimum Gasteiger partial charge on any atom is -0.480 e. The van der Waals surface area contributed by atoms with Crippen LogP contribution in [0.2, 0.25) is 0 Å². The number of benzene rings is 2. The van der Waals surface area contributed by atoms with Gasteiger partial charge in [0, 0.05) is 36.3 Å². The molecule has 4 rings (SSSR count). The zero-order valence-corrected chi connectivity index (χ0v) is 27.2. The number of unbranched alkanes of at least 4 members (excludes halogenated alkanes) is 2. The van der Waals surface area contributed by atoms with E-state index in [-0.39, 0.29) is 23.0 Å². The fraction of sp³-hybridized carbons (Fsp3) is 0.515. The summed E-state index contributed by atoms with van der Waals surface area (Å²) in [5.74, 6) is -1.61. The zero-order valence-electron chi connectivity index (χ0n) is 25.5. The number of carboxylic acid groups (broad SMARTS) is 1. The van der Waals surface area contributed by atoms with Crippen molar-refractivity contribution in [2.24, 2.45) is 4.99 Å². The lowest BCUT2D eigenvalue weighted by Crippen LogP contribution is -2.56. The third-order valence-electron chi connectivity index (χ3n) is 8.22. The van der Waals surface area contributed by atoms with E-state index in [1.165, 1.54) is 42.4 Å². The number of carbonyl (C=O) groups excluding carboxylic acids is 2. The highest BCUT2D eigenvalue weighted by molar-refractivity contribution is 8.02. The van der Waals surface area contributed by atoms with Crippen molar-refractivity contribution in [3.8, 4) is 0 Å². The molecular formula is C33H43N3O6S2. The highest BCUT2D eigenvalue weighted by Crippen LogP contribution is 2.42. The van der Waals surface area contributed by atoms with Gasteiger partial charge in [0.2, 0.25) is 15.9 Å². The Labute approximate surface area is 265 Å². The maximum absolute atomic E-state index is 13.5. The molecule has 1 fully saturated rings. The molecule has 2 aliphatic rings. The molecule has 2 aliphatic heterocycles. The zero-order chi connectivity index (χ0) is 31.7. The predicted molar refractivity (Wildman–Crippen MR) is 173 cm³/mol.